The van der Waals surface area contributed by atoms with E-state index in [1.807, 2.05) is 0 Å². The molecule has 0 spiro atoms. The molecule has 2 heterocycles. The third-order valence-corrected chi connectivity index (χ3v) is 4.12. The molecule has 1 aliphatic rings. The highest BCUT2D eigenvalue weighted by Crippen LogP contribution is 2.22. The molecule has 2 rings (SSSR count). The van der Waals surface area contributed by atoms with Crippen molar-refractivity contribution in [2.75, 3.05) is 13.1 Å². The predicted molar refractivity (Wildman–Crippen MR) is 65.4 cm³/mol. The molecule has 1 unspecified atom stereocenters. The van der Waals surface area contributed by atoms with E-state index in [0.29, 0.717) is 4.47 Å². The molecule has 1 aromatic heterocycles. The summed E-state index contributed by atoms with van der Waals surface area (Å²) < 4.78 is 0.661. The summed E-state index contributed by atoms with van der Waals surface area (Å²) in [5, 5.41) is 2.07. The fourth-order valence-corrected chi connectivity index (χ4v) is 2.98. The molecule has 1 fully saturated rings. The number of hydrogen-bond donors (Lipinski definition) is 0. The van der Waals surface area contributed by atoms with Crippen molar-refractivity contribution in [2.45, 2.75) is 32.7 Å². The Bertz CT molecular complexity index is 313. The predicted octanol–water partition coefficient (Wildman–Crippen LogP) is 3.42. The molecular weight excluding hydrogens is 228 g/mol. The maximum atomic E-state index is 5.82. The minimum atomic E-state index is 0.661. The van der Waals surface area contributed by atoms with Crippen LogP contribution in [0.15, 0.2) is 5.38 Å². The summed E-state index contributed by atoms with van der Waals surface area (Å²) >= 11 is 7.35. The van der Waals surface area contributed by atoms with Crippen molar-refractivity contribution in [1.82, 2.24) is 9.88 Å². The van der Waals surface area contributed by atoms with Gasteiger partial charge in [-0.1, -0.05) is 24.9 Å². The summed E-state index contributed by atoms with van der Waals surface area (Å²) in [4.78, 5) is 6.80. The van der Waals surface area contributed by atoms with Crippen LogP contribution in [0.1, 0.15) is 31.9 Å². The molecule has 4 heteroatoms. The van der Waals surface area contributed by atoms with Gasteiger partial charge in [-0.15, -0.1) is 11.3 Å². The molecule has 0 aromatic carbocycles. The molecule has 1 aromatic rings. The van der Waals surface area contributed by atoms with Gasteiger partial charge in [-0.2, -0.15) is 0 Å². The summed E-state index contributed by atoms with van der Waals surface area (Å²) in [6, 6.07) is 0. The first-order valence-corrected chi connectivity index (χ1v) is 6.86. The lowest BCUT2D eigenvalue weighted by Crippen LogP contribution is -2.34. The van der Waals surface area contributed by atoms with Gasteiger partial charge in [-0.3, -0.25) is 4.90 Å². The second-order valence-electron chi connectivity index (χ2n) is 4.24. The highest BCUT2D eigenvalue weighted by molar-refractivity contribution is 7.13. The molecule has 0 saturated carbocycles. The topological polar surface area (TPSA) is 16.1 Å². The Kier molecular flexibility index (Phi) is 4.00. The van der Waals surface area contributed by atoms with Crippen molar-refractivity contribution in [3.63, 3.8) is 0 Å². The lowest BCUT2D eigenvalue weighted by atomic mass is 9.96. The van der Waals surface area contributed by atoms with Gasteiger partial charge < -0.3 is 0 Å². The highest BCUT2D eigenvalue weighted by atomic mass is 35.5. The van der Waals surface area contributed by atoms with E-state index in [-0.39, 0.29) is 0 Å². The van der Waals surface area contributed by atoms with Crippen LogP contribution in [-0.4, -0.2) is 23.0 Å². The summed E-state index contributed by atoms with van der Waals surface area (Å²) in [6.07, 6.45) is 4.02. The minimum Gasteiger partial charge on any atom is -0.297 e. The lowest BCUT2D eigenvalue weighted by Gasteiger charge is -2.31. The third-order valence-electron chi connectivity index (χ3n) is 3.09. The Morgan fingerprint density at radius 3 is 3.20 bits per heavy atom. The quantitative estimate of drug-likeness (QED) is 0.810. The Balaban J connectivity index is 1.88. The van der Waals surface area contributed by atoms with Crippen LogP contribution in [0.5, 0.6) is 0 Å². The summed E-state index contributed by atoms with van der Waals surface area (Å²) in [7, 11) is 0. The molecule has 84 valence electrons. The monoisotopic (exact) mass is 244 g/mol. The van der Waals surface area contributed by atoms with Gasteiger partial charge in [0.1, 0.15) is 0 Å². The highest BCUT2D eigenvalue weighted by Gasteiger charge is 2.18. The zero-order valence-corrected chi connectivity index (χ0v) is 10.7. The molecule has 0 bridgehead atoms. The molecule has 1 aliphatic heterocycles. The molecule has 0 N–H and O–H groups in total. The number of thiazole rings is 1. The van der Waals surface area contributed by atoms with Crippen LogP contribution in [0, 0.1) is 5.92 Å². The average molecular weight is 245 g/mol. The van der Waals surface area contributed by atoms with Gasteiger partial charge in [0.15, 0.2) is 4.47 Å². The number of rotatable bonds is 3. The Labute approximate surface area is 100 Å². The molecule has 0 radical (unpaired) electrons. The molecule has 0 aliphatic carbocycles. The third kappa shape index (κ3) is 3.16. The first-order chi connectivity index (χ1) is 7.28. The van der Waals surface area contributed by atoms with E-state index in [1.165, 1.54) is 43.7 Å². The smallest absolute Gasteiger partial charge is 0.183 e. The van der Waals surface area contributed by atoms with E-state index in [2.05, 4.69) is 22.2 Å². The van der Waals surface area contributed by atoms with E-state index in [0.717, 1.165) is 18.2 Å². The van der Waals surface area contributed by atoms with E-state index in [1.54, 1.807) is 0 Å². The lowest BCUT2D eigenvalue weighted by molar-refractivity contribution is 0.163. The average Bonchev–Trinajstić information content (AvgIpc) is 2.64. The van der Waals surface area contributed by atoms with Crippen molar-refractivity contribution in [3.05, 3.63) is 15.5 Å². The molecule has 2 nitrogen and oxygen atoms in total. The SMILES string of the molecule is CCC1CCCN(Cc2csc(Cl)n2)C1. The van der Waals surface area contributed by atoms with E-state index < -0.39 is 0 Å². The van der Waals surface area contributed by atoms with E-state index in [9.17, 15) is 0 Å². The Morgan fingerprint density at radius 1 is 1.67 bits per heavy atom. The van der Waals surface area contributed by atoms with Crippen LogP contribution in [0.4, 0.5) is 0 Å². The second kappa shape index (κ2) is 5.28. The first kappa shape index (κ1) is 11.4. The second-order valence-corrected chi connectivity index (χ2v) is 5.68. The summed E-state index contributed by atoms with van der Waals surface area (Å²) in [6.45, 7) is 5.70. The van der Waals surface area contributed by atoms with Crippen LogP contribution in [-0.2, 0) is 6.54 Å². The van der Waals surface area contributed by atoms with Crippen LogP contribution in [0.3, 0.4) is 0 Å². The minimum absolute atomic E-state index is 0.661. The van der Waals surface area contributed by atoms with Crippen molar-refractivity contribution in [2.24, 2.45) is 5.92 Å². The van der Waals surface area contributed by atoms with Gasteiger partial charge in [-0.25, -0.2) is 4.98 Å². The number of aromatic nitrogens is 1. The number of piperidine rings is 1. The number of nitrogens with zero attached hydrogens (tertiary/aromatic N) is 2. The maximum absolute atomic E-state index is 5.82. The summed E-state index contributed by atoms with van der Waals surface area (Å²) in [5.41, 5.74) is 1.13. The Morgan fingerprint density at radius 2 is 2.53 bits per heavy atom. The summed E-state index contributed by atoms with van der Waals surface area (Å²) in [5.74, 6) is 0.882. The van der Waals surface area contributed by atoms with Crippen LogP contribution in [0.25, 0.3) is 0 Å². The zero-order chi connectivity index (χ0) is 10.7. The van der Waals surface area contributed by atoms with Gasteiger partial charge in [0.25, 0.3) is 0 Å². The van der Waals surface area contributed by atoms with Crippen LogP contribution < -0.4 is 0 Å². The molecule has 1 atom stereocenters. The largest absolute Gasteiger partial charge is 0.297 e. The molecule has 0 amide bonds. The standard InChI is InChI=1S/C11H17ClN2S/c1-2-9-4-3-5-14(6-9)7-10-8-15-11(12)13-10/h8-9H,2-7H2,1H3. The number of likely N-dealkylation sites (tertiary alicyclic amines) is 1. The number of hydrogen-bond acceptors (Lipinski definition) is 3. The van der Waals surface area contributed by atoms with Crippen LogP contribution >= 0.6 is 22.9 Å². The normalized spacial score (nSPS) is 23.2. The van der Waals surface area contributed by atoms with E-state index in [4.69, 9.17) is 11.6 Å². The number of halogens is 1. The van der Waals surface area contributed by atoms with Gasteiger partial charge in [0, 0.05) is 18.5 Å². The van der Waals surface area contributed by atoms with Gasteiger partial charge in [0.05, 0.1) is 5.69 Å². The van der Waals surface area contributed by atoms with E-state index >= 15 is 0 Å². The van der Waals surface area contributed by atoms with Gasteiger partial charge in [0.2, 0.25) is 0 Å². The van der Waals surface area contributed by atoms with Crippen molar-refractivity contribution < 1.29 is 0 Å². The van der Waals surface area contributed by atoms with Crippen LogP contribution in [0.2, 0.25) is 4.47 Å². The first-order valence-electron chi connectivity index (χ1n) is 5.60. The molecule has 15 heavy (non-hydrogen) atoms. The van der Waals surface area contributed by atoms with Crippen molar-refractivity contribution in [1.29, 1.82) is 0 Å². The van der Waals surface area contributed by atoms with Gasteiger partial charge >= 0.3 is 0 Å². The molecular formula is C11H17ClN2S. The van der Waals surface area contributed by atoms with Crippen molar-refractivity contribution >= 4 is 22.9 Å². The Hall–Kier alpha value is -0.120. The molecule has 1 saturated heterocycles. The zero-order valence-electron chi connectivity index (χ0n) is 9.08. The van der Waals surface area contributed by atoms with Crippen molar-refractivity contribution in [3.8, 4) is 0 Å². The van der Waals surface area contributed by atoms with Gasteiger partial charge in [-0.05, 0) is 25.3 Å². The fourth-order valence-electron chi connectivity index (χ4n) is 2.21. The maximum Gasteiger partial charge on any atom is 0.183 e. The fraction of sp³-hybridized carbons (Fsp3) is 0.727.